The molecule has 1 unspecified atom stereocenters. The summed E-state index contributed by atoms with van der Waals surface area (Å²) in [6, 6.07) is 15.8. The minimum Gasteiger partial charge on any atom is -0.320 e. The maximum atomic E-state index is 3.20. The van der Waals surface area contributed by atoms with E-state index < -0.39 is 0 Å². The minimum absolute atomic E-state index is 0.460. The van der Waals surface area contributed by atoms with Gasteiger partial charge in [0.1, 0.15) is 0 Å². The summed E-state index contributed by atoms with van der Waals surface area (Å²) >= 11 is 0. The van der Waals surface area contributed by atoms with Crippen LogP contribution in [-0.2, 0) is 0 Å². The lowest BCUT2D eigenvalue weighted by Crippen LogP contribution is -2.25. The molecule has 0 radical (unpaired) electrons. The summed E-state index contributed by atoms with van der Waals surface area (Å²) in [4.78, 5) is 2.42. The third-order valence-corrected chi connectivity index (χ3v) is 3.85. The first-order valence-electron chi connectivity index (χ1n) is 7.06. The summed E-state index contributed by atoms with van der Waals surface area (Å²) in [6.07, 6.45) is 1.19. The number of hydrogen-bond donors (Lipinski definition) is 1. The van der Waals surface area contributed by atoms with Crippen molar-refractivity contribution in [2.45, 2.75) is 19.4 Å². The van der Waals surface area contributed by atoms with Gasteiger partial charge in [0.2, 0.25) is 0 Å². The lowest BCUT2D eigenvalue weighted by Gasteiger charge is -2.25. The molecule has 2 heteroatoms. The quantitative estimate of drug-likeness (QED) is 0.796. The molecule has 0 aliphatic heterocycles. The van der Waals surface area contributed by atoms with E-state index in [0.717, 1.165) is 13.1 Å². The third-order valence-electron chi connectivity index (χ3n) is 3.85. The molecule has 0 amide bonds. The van der Waals surface area contributed by atoms with Crippen molar-refractivity contribution < 1.29 is 0 Å². The van der Waals surface area contributed by atoms with Crippen molar-refractivity contribution in [1.29, 1.82) is 0 Å². The average Bonchev–Trinajstić information content (AvgIpc) is 2.46. The molecule has 102 valence electrons. The molecule has 2 nitrogen and oxygen atoms in total. The molecule has 2 aromatic carbocycles. The topological polar surface area (TPSA) is 15.3 Å². The third kappa shape index (κ3) is 3.55. The highest BCUT2D eigenvalue weighted by molar-refractivity contribution is 5.83. The van der Waals surface area contributed by atoms with E-state index in [1.54, 1.807) is 0 Å². The van der Waals surface area contributed by atoms with Crippen LogP contribution in [-0.4, -0.2) is 32.1 Å². The Morgan fingerprint density at radius 3 is 2.58 bits per heavy atom. The molecule has 0 saturated heterocycles. The average molecular weight is 256 g/mol. The molecule has 2 rings (SSSR count). The van der Waals surface area contributed by atoms with Gasteiger partial charge in [-0.3, -0.25) is 4.90 Å². The number of fused-ring (bicyclic) bond motifs is 1. The SMILES string of the molecule is CNCCCN(C)C(C)c1ccc2ccccc2c1. The van der Waals surface area contributed by atoms with Gasteiger partial charge < -0.3 is 5.32 Å². The van der Waals surface area contributed by atoms with Gasteiger partial charge in [0.15, 0.2) is 0 Å². The Labute approximate surface area is 116 Å². The normalized spacial score (nSPS) is 13.1. The van der Waals surface area contributed by atoms with Gasteiger partial charge in [-0.05, 0) is 62.9 Å². The summed E-state index contributed by atoms with van der Waals surface area (Å²) in [7, 11) is 4.21. The first kappa shape index (κ1) is 14.0. The van der Waals surface area contributed by atoms with E-state index in [9.17, 15) is 0 Å². The van der Waals surface area contributed by atoms with Crippen molar-refractivity contribution in [3.05, 3.63) is 48.0 Å². The van der Waals surface area contributed by atoms with Crippen LogP contribution in [0.2, 0.25) is 0 Å². The molecule has 0 aliphatic carbocycles. The maximum Gasteiger partial charge on any atom is 0.0317 e. The van der Waals surface area contributed by atoms with Crippen molar-refractivity contribution >= 4 is 10.8 Å². The van der Waals surface area contributed by atoms with E-state index in [4.69, 9.17) is 0 Å². The zero-order valence-electron chi connectivity index (χ0n) is 12.2. The highest BCUT2D eigenvalue weighted by Gasteiger charge is 2.11. The van der Waals surface area contributed by atoms with E-state index in [-0.39, 0.29) is 0 Å². The molecule has 2 aromatic rings. The Hall–Kier alpha value is -1.38. The van der Waals surface area contributed by atoms with Crippen molar-refractivity contribution in [2.75, 3.05) is 27.2 Å². The van der Waals surface area contributed by atoms with Crippen LogP contribution in [0.15, 0.2) is 42.5 Å². The second kappa shape index (κ2) is 6.69. The van der Waals surface area contributed by atoms with Crippen LogP contribution < -0.4 is 5.32 Å². The molecule has 0 bridgehead atoms. The largest absolute Gasteiger partial charge is 0.320 e. The summed E-state index contributed by atoms with van der Waals surface area (Å²) in [5.74, 6) is 0. The predicted molar refractivity (Wildman–Crippen MR) is 83.5 cm³/mol. The summed E-state index contributed by atoms with van der Waals surface area (Å²) in [5, 5.41) is 5.84. The molecule has 1 N–H and O–H groups in total. The van der Waals surface area contributed by atoms with E-state index in [1.165, 1.54) is 22.8 Å². The van der Waals surface area contributed by atoms with Gasteiger partial charge in [0, 0.05) is 6.04 Å². The van der Waals surface area contributed by atoms with Gasteiger partial charge in [-0.2, -0.15) is 0 Å². The molecule has 0 heterocycles. The number of rotatable bonds is 6. The van der Waals surface area contributed by atoms with E-state index in [2.05, 4.69) is 66.7 Å². The van der Waals surface area contributed by atoms with Gasteiger partial charge in [-0.15, -0.1) is 0 Å². The van der Waals surface area contributed by atoms with Gasteiger partial charge in [0.25, 0.3) is 0 Å². The van der Waals surface area contributed by atoms with Crippen LogP contribution >= 0.6 is 0 Å². The number of hydrogen-bond acceptors (Lipinski definition) is 2. The van der Waals surface area contributed by atoms with Gasteiger partial charge in [-0.25, -0.2) is 0 Å². The molecule has 1 atom stereocenters. The van der Waals surface area contributed by atoms with Gasteiger partial charge in [-0.1, -0.05) is 36.4 Å². The highest BCUT2D eigenvalue weighted by Crippen LogP contribution is 2.23. The molecule has 0 aromatic heterocycles. The molecule has 0 saturated carbocycles. The fourth-order valence-corrected chi connectivity index (χ4v) is 2.42. The number of nitrogens with zero attached hydrogens (tertiary/aromatic N) is 1. The fraction of sp³-hybridized carbons (Fsp3) is 0.412. The Bertz CT molecular complexity index is 521. The smallest absolute Gasteiger partial charge is 0.0317 e. The van der Waals surface area contributed by atoms with Crippen LogP contribution in [0.5, 0.6) is 0 Å². The van der Waals surface area contributed by atoms with Crippen molar-refractivity contribution in [1.82, 2.24) is 10.2 Å². The zero-order valence-corrected chi connectivity index (χ0v) is 12.2. The van der Waals surface area contributed by atoms with Crippen molar-refractivity contribution in [2.24, 2.45) is 0 Å². The molecular formula is C17H24N2. The molecule has 0 spiro atoms. The second-order valence-corrected chi connectivity index (χ2v) is 5.22. The van der Waals surface area contributed by atoms with Crippen molar-refractivity contribution in [3.8, 4) is 0 Å². The zero-order chi connectivity index (χ0) is 13.7. The monoisotopic (exact) mass is 256 g/mol. The minimum atomic E-state index is 0.460. The maximum absolute atomic E-state index is 3.20. The highest BCUT2D eigenvalue weighted by atomic mass is 15.1. The number of nitrogens with one attached hydrogen (secondary N) is 1. The Kier molecular flexibility index (Phi) is 4.94. The van der Waals surface area contributed by atoms with Crippen LogP contribution in [0.1, 0.15) is 24.9 Å². The summed E-state index contributed by atoms with van der Waals surface area (Å²) in [6.45, 7) is 4.48. The fourth-order valence-electron chi connectivity index (χ4n) is 2.42. The summed E-state index contributed by atoms with van der Waals surface area (Å²) < 4.78 is 0. The van der Waals surface area contributed by atoms with Gasteiger partial charge >= 0.3 is 0 Å². The van der Waals surface area contributed by atoms with E-state index >= 15 is 0 Å². The Morgan fingerprint density at radius 1 is 1.11 bits per heavy atom. The summed E-state index contributed by atoms with van der Waals surface area (Å²) in [5.41, 5.74) is 1.39. The molecule has 0 aliphatic rings. The van der Waals surface area contributed by atoms with Gasteiger partial charge in [0.05, 0.1) is 0 Å². The predicted octanol–water partition coefficient (Wildman–Crippen LogP) is 3.44. The van der Waals surface area contributed by atoms with E-state index in [1.807, 2.05) is 7.05 Å². The van der Waals surface area contributed by atoms with Crippen LogP contribution in [0.25, 0.3) is 10.8 Å². The van der Waals surface area contributed by atoms with E-state index in [0.29, 0.717) is 6.04 Å². The molecule has 0 fully saturated rings. The first-order valence-corrected chi connectivity index (χ1v) is 7.06. The Morgan fingerprint density at radius 2 is 1.84 bits per heavy atom. The van der Waals surface area contributed by atoms with Crippen molar-refractivity contribution in [3.63, 3.8) is 0 Å². The number of benzene rings is 2. The van der Waals surface area contributed by atoms with Crippen LogP contribution in [0.3, 0.4) is 0 Å². The lowest BCUT2D eigenvalue weighted by atomic mass is 10.0. The first-order chi connectivity index (χ1) is 9.22. The molecule has 19 heavy (non-hydrogen) atoms. The van der Waals surface area contributed by atoms with Crippen LogP contribution in [0, 0.1) is 0 Å². The Balaban J connectivity index is 2.09. The van der Waals surface area contributed by atoms with Crippen LogP contribution in [0.4, 0.5) is 0 Å². The molecular weight excluding hydrogens is 232 g/mol. The standard InChI is InChI=1S/C17H24N2/c1-14(19(3)12-6-11-18-2)16-10-9-15-7-4-5-8-17(15)13-16/h4-5,7-10,13-14,18H,6,11-12H2,1-3H3. The lowest BCUT2D eigenvalue weighted by molar-refractivity contribution is 0.258. The second-order valence-electron chi connectivity index (χ2n) is 5.22.